The number of aromatic nitrogens is 1. The summed E-state index contributed by atoms with van der Waals surface area (Å²) in [5.41, 5.74) is 1.04. The Labute approximate surface area is 133 Å². The zero-order valence-corrected chi connectivity index (χ0v) is 13.0. The second-order valence-electron chi connectivity index (χ2n) is 5.19. The highest BCUT2D eigenvalue weighted by atomic mass is 32.2. The van der Waals surface area contributed by atoms with Crippen molar-refractivity contribution in [1.29, 1.82) is 0 Å². The number of nitrogens with one attached hydrogen (secondary N) is 2. The van der Waals surface area contributed by atoms with Crippen molar-refractivity contribution >= 4 is 27.3 Å². The van der Waals surface area contributed by atoms with Gasteiger partial charge in [0.15, 0.2) is 0 Å². The molecule has 120 valence electrons. The highest BCUT2D eigenvalue weighted by Crippen LogP contribution is 2.26. The molecule has 23 heavy (non-hydrogen) atoms. The number of hydrogen-bond donors (Lipinski definition) is 2. The van der Waals surface area contributed by atoms with Crippen LogP contribution in [0.4, 0.5) is 11.4 Å². The van der Waals surface area contributed by atoms with Crippen LogP contribution in [-0.4, -0.2) is 31.6 Å². The first-order valence-electron chi connectivity index (χ1n) is 7.06. The van der Waals surface area contributed by atoms with Crippen LogP contribution in [0.5, 0.6) is 0 Å². The maximum atomic E-state index is 12.1. The molecule has 7 nitrogen and oxygen atoms in total. The Morgan fingerprint density at radius 1 is 1.22 bits per heavy atom. The molecule has 1 saturated heterocycles. The van der Waals surface area contributed by atoms with Crippen molar-refractivity contribution in [2.24, 2.45) is 0 Å². The number of sulfonamides is 1. The number of benzene rings is 1. The van der Waals surface area contributed by atoms with Crippen LogP contribution in [0.1, 0.15) is 16.8 Å². The van der Waals surface area contributed by atoms with E-state index < -0.39 is 10.0 Å². The zero-order valence-electron chi connectivity index (χ0n) is 12.2. The van der Waals surface area contributed by atoms with E-state index in [1.54, 1.807) is 24.3 Å². The summed E-state index contributed by atoms with van der Waals surface area (Å²) in [4.78, 5) is 25.6. The van der Waals surface area contributed by atoms with Crippen molar-refractivity contribution in [2.45, 2.75) is 6.42 Å². The molecule has 1 fully saturated rings. The number of H-pyrrole nitrogens is 1. The molecule has 2 N–H and O–H groups in total. The lowest BCUT2D eigenvalue weighted by Crippen LogP contribution is -2.25. The number of pyridine rings is 1. The molecule has 1 aromatic carbocycles. The first-order valence-corrected chi connectivity index (χ1v) is 8.67. The van der Waals surface area contributed by atoms with Gasteiger partial charge in [-0.25, -0.2) is 8.42 Å². The maximum absolute atomic E-state index is 12.1. The number of hydrogen-bond acceptors (Lipinski definition) is 4. The van der Waals surface area contributed by atoms with Crippen LogP contribution < -0.4 is 15.2 Å². The highest BCUT2D eigenvalue weighted by Gasteiger charge is 2.28. The Hall–Kier alpha value is -2.61. The van der Waals surface area contributed by atoms with Crippen molar-refractivity contribution in [3.8, 4) is 0 Å². The Balaban J connectivity index is 1.81. The van der Waals surface area contributed by atoms with Crippen molar-refractivity contribution < 1.29 is 13.2 Å². The van der Waals surface area contributed by atoms with E-state index in [-0.39, 0.29) is 17.2 Å². The first-order chi connectivity index (χ1) is 11.0. The van der Waals surface area contributed by atoms with Crippen LogP contribution in [0.3, 0.4) is 0 Å². The van der Waals surface area contributed by atoms with Gasteiger partial charge in [-0.1, -0.05) is 6.07 Å². The quantitative estimate of drug-likeness (QED) is 0.880. The van der Waals surface area contributed by atoms with Crippen molar-refractivity contribution in [2.75, 3.05) is 21.9 Å². The van der Waals surface area contributed by atoms with Gasteiger partial charge in [0.25, 0.3) is 5.91 Å². The van der Waals surface area contributed by atoms with Gasteiger partial charge in [0.1, 0.15) is 0 Å². The molecule has 1 aliphatic heterocycles. The standard InChI is InChI=1S/C15H15N3O4S/c19-14-6-5-11(10-16-14)15(20)17-12-3-1-4-13(9-12)18-7-2-8-23(18,21)22/h1,3-6,9-10H,2,7-8H2,(H,16,19)(H,17,20). The summed E-state index contributed by atoms with van der Waals surface area (Å²) in [6.45, 7) is 0.444. The smallest absolute Gasteiger partial charge is 0.257 e. The number of carbonyl (C=O) groups excluding carboxylic acids is 1. The summed E-state index contributed by atoms with van der Waals surface area (Å²) in [6.07, 6.45) is 1.92. The largest absolute Gasteiger partial charge is 0.328 e. The average molecular weight is 333 g/mol. The molecular weight excluding hydrogens is 318 g/mol. The van der Waals surface area contributed by atoms with Gasteiger partial charge in [-0.2, -0.15) is 0 Å². The lowest BCUT2D eigenvalue weighted by Gasteiger charge is -2.17. The SMILES string of the molecule is O=C(Nc1cccc(N2CCCS2(=O)=O)c1)c1ccc(=O)[nH]c1. The lowest BCUT2D eigenvalue weighted by molar-refractivity contribution is 0.102. The molecule has 0 radical (unpaired) electrons. The van der Waals surface area contributed by atoms with E-state index in [1.807, 2.05) is 0 Å². The number of rotatable bonds is 3. The molecule has 0 saturated carbocycles. The third-order valence-corrected chi connectivity index (χ3v) is 5.41. The molecule has 3 rings (SSSR count). The van der Waals surface area contributed by atoms with Gasteiger partial charge >= 0.3 is 0 Å². The molecule has 1 amide bonds. The number of carbonyl (C=O) groups is 1. The summed E-state index contributed by atoms with van der Waals surface area (Å²) in [7, 11) is -3.26. The van der Waals surface area contributed by atoms with Crippen LogP contribution in [-0.2, 0) is 10.0 Å². The Bertz CT molecular complexity index is 884. The van der Waals surface area contributed by atoms with E-state index in [0.29, 0.717) is 29.9 Å². The van der Waals surface area contributed by atoms with E-state index in [4.69, 9.17) is 0 Å². The van der Waals surface area contributed by atoms with Gasteiger partial charge in [-0.3, -0.25) is 13.9 Å². The van der Waals surface area contributed by atoms with Gasteiger partial charge in [-0.05, 0) is 30.7 Å². The topological polar surface area (TPSA) is 99.3 Å². The molecule has 2 aromatic rings. The van der Waals surface area contributed by atoms with Gasteiger partial charge < -0.3 is 10.3 Å². The lowest BCUT2D eigenvalue weighted by atomic mass is 10.2. The minimum atomic E-state index is -3.26. The highest BCUT2D eigenvalue weighted by molar-refractivity contribution is 7.93. The van der Waals surface area contributed by atoms with Crippen LogP contribution in [0.2, 0.25) is 0 Å². The van der Waals surface area contributed by atoms with Crippen LogP contribution >= 0.6 is 0 Å². The van der Waals surface area contributed by atoms with E-state index in [0.717, 1.165) is 0 Å². The minimum Gasteiger partial charge on any atom is -0.328 e. The molecule has 8 heteroatoms. The van der Waals surface area contributed by atoms with Crippen LogP contribution in [0.15, 0.2) is 47.4 Å². The Morgan fingerprint density at radius 3 is 2.70 bits per heavy atom. The fourth-order valence-corrected chi connectivity index (χ4v) is 3.98. The fourth-order valence-electron chi connectivity index (χ4n) is 2.42. The van der Waals surface area contributed by atoms with Gasteiger partial charge in [0.2, 0.25) is 15.6 Å². The number of amides is 1. The normalized spacial score (nSPS) is 16.3. The molecule has 0 unspecified atom stereocenters. The van der Waals surface area contributed by atoms with Crippen molar-refractivity contribution in [3.05, 3.63) is 58.5 Å². The van der Waals surface area contributed by atoms with Crippen molar-refractivity contribution in [3.63, 3.8) is 0 Å². The van der Waals surface area contributed by atoms with E-state index in [1.165, 1.54) is 22.6 Å². The molecule has 0 atom stereocenters. The summed E-state index contributed by atoms with van der Waals surface area (Å²) < 4.78 is 25.3. The molecule has 1 aliphatic rings. The summed E-state index contributed by atoms with van der Waals surface area (Å²) in [6, 6.07) is 9.36. The van der Waals surface area contributed by atoms with E-state index >= 15 is 0 Å². The molecule has 0 aliphatic carbocycles. The number of aromatic amines is 1. The van der Waals surface area contributed by atoms with Gasteiger partial charge in [0, 0.05) is 24.5 Å². The molecule has 0 spiro atoms. The van der Waals surface area contributed by atoms with Crippen molar-refractivity contribution in [1.82, 2.24) is 4.98 Å². The number of anilines is 2. The van der Waals surface area contributed by atoms with E-state index in [2.05, 4.69) is 10.3 Å². The minimum absolute atomic E-state index is 0.140. The van der Waals surface area contributed by atoms with Gasteiger partial charge in [0.05, 0.1) is 17.0 Å². The molecule has 2 heterocycles. The zero-order chi connectivity index (χ0) is 16.4. The summed E-state index contributed by atoms with van der Waals surface area (Å²) in [5, 5.41) is 2.69. The Morgan fingerprint density at radius 2 is 2.04 bits per heavy atom. The maximum Gasteiger partial charge on any atom is 0.257 e. The summed E-state index contributed by atoms with van der Waals surface area (Å²) >= 11 is 0. The van der Waals surface area contributed by atoms with Crippen LogP contribution in [0, 0.1) is 0 Å². The van der Waals surface area contributed by atoms with Gasteiger partial charge in [-0.15, -0.1) is 0 Å². The second kappa shape index (κ2) is 5.88. The Kier molecular flexibility index (Phi) is 3.91. The third kappa shape index (κ3) is 3.26. The third-order valence-electron chi connectivity index (χ3n) is 3.54. The molecule has 0 bridgehead atoms. The first kappa shape index (κ1) is 15.3. The summed E-state index contributed by atoms with van der Waals surface area (Å²) in [5.74, 6) is -0.247. The molecular formula is C15H15N3O4S. The molecule has 1 aromatic heterocycles. The monoisotopic (exact) mass is 333 g/mol. The fraction of sp³-hybridized carbons (Fsp3) is 0.200. The second-order valence-corrected chi connectivity index (χ2v) is 7.20. The van der Waals surface area contributed by atoms with Crippen LogP contribution in [0.25, 0.3) is 0 Å². The number of nitrogens with zero attached hydrogens (tertiary/aromatic N) is 1. The van der Waals surface area contributed by atoms with E-state index in [9.17, 15) is 18.0 Å². The predicted molar refractivity (Wildman–Crippen MR) is 87.2 cm³/mol. The predicted octanol–water partition coefficient (Wildman–Crippen LogP) is 1.17. The average Bonchev–Trinajstić information content (AvgIpc) is 2.87.